The predicted octanol–water partition coefficient (Wildman–Crippen LogP) is 4.57. The Bertz CT molecular complexity index is 1200. The average Bonchev–Trinajstić information content (AvgIpc) is 3.23. The summed E-state index contributed by atoms with van der Waals surface area (Å²) >= 11 is 0. The summed E-state index contributed by atoms with van der Waals surface area (Å²) in [6, 6.07) is 20.2. The molecular formula is C25H25N3O4. The first-order chi connectivity index (χ1) is 15.4. The molecule has 4 rings (SSSR count). The third-order valence-corrected chi connectivity index (χ3v) is 5.70. The minimum absolute atomic E-state index is 0.0348. The summed E-state index contributed by atoms with van der Waals surface area (Å²) in [6.07, 6.45) is 0.825. The van der Waals surface area contributed by atoms with E-state index in [1.54, 1.807) is 25.3 Å². The first kappa shape index (κ1) is 21.4. The largest absolute Gasteiger partial charge is 0.506 e. The second-order valence-electron chi connectivity index (χ2n) is 7.95. The molecule has 7 heteroatoms. The van der Waals surface area contributed by atoms with Gasteiger partial charge in [0.2, 0.25) is 0 Å². The molecule has 4 aromatic rings. The van der Waals surface area contributed by atoms with Crippen molar-refractivity contribution < 1.29 is 19.7 Å². The van der Waals surface area contributed by atoms with Crippen LogP contribution in [0.5, 0.6) is 11.5 Å². The van der Waals surface area contributed by atoms with Gasteiger partial charge in [-0.3, -0.25) is 4.79 Å². The summed E-state index contributed by atoms with van der Waals surface area (Å²) in [5, 5.41) is 29.1. The van der Waals surface area contributed by atoms with Crippen molar-refractivity contribution >= 4 is 17.0 Å². The van der Waals surface area contributed by atoms with E-state index in [9.17, 15) is 15.0 Å². The smallest absolute Gasteiger partial charge is 0.306 e. The lowest BCUT2D eigenvalue weighted by molar-refractivity contribution is -0.142. The number of nitrogens with zero attached hydrogens (tertiary/aromatic N) is 3. The minimum Gasteiger partial charge on any atom is -0.506 e. The van der Waals surface area contributed by atoms with Gasteiger partial charge in [0.05, 0.1) is 13.0 Å². The van der Waals surface area contributed by atoms with Crippen LogP contribution in [0.3, 0.4) is 0 Å². The fraction of sp³-hybridized carbons (Fsp3) is 0.240. The van der Waals surface area contributed by atoms with E-state index in [0.717, 1.165) is 16.9 Å². The standard InChI is InChI=1S/C25H25N3O4/c1-16(18-8-10-20(32-2)11-9-18)13-19(25(30)31)14-17-7-12-24(29)23(15-17)28-26-21-5-3-4-6-22(21)27-28/h3-12,15-16,19,29H,13-14H2,1-2H3,(H,30,31). The topological polar surface area (TPSA) is 97.5 Å². The van der Waals surface area contributed by atoms with Crippen molar-refractivity contribution in [2.24, 2.45) is 5.92 Å². The monoisotopic (exact) mass is 431 g/mol. The lowest BCUT2D eigenvalue weighted by atomic mass is 9.86. The zero-order valence-corrected chi connectivity index (χ0v) is 18.0. The van der Waals surface area contributed by atoms with Gasteiger partial charge in [0.15, 0.2) is 0 Å². The number of phenols is 1. The van der Waals surface area contributed by atoms with Crippen LogP contribution in [0.25, 0.3) is 16.7 Å². The fourth-order valence-electron chi connectivity index (χ4n) is 3.87. The van der Waals surface area contributed by atoms with Gasteiger partial charge in [-0.15, -0.1) is 15.0 Å². The quantitative estimate of drug-likeness (QED) is 0.424. The van der Waals surface area contributed by atoms with Crippen molar-refractivity contribution in [3.63, 3.8) is 0 Å². The maximum Gasteiger partial charge on any atom is 0.306 e. The van der Waals surface area contributed by atoms with Crippen LogP contribution in [0.4, 0.5) is 0 Å². The molecule has 1 aromatic heterocycles. The molecule has 164 valence electrons. The number of aromatic hydroxyl groups is 1. The predicted molar refractivity (Wildman–Crippen MR) is 121 cm³/mol. The van der Waals surface area contributed by atoms with Gasteiger partial charge in [0.1, 0.15) is 28.2 Å². The number of aliphatic carboxylic acids is 1. The maximum absolute atomic E-state index is 12.0. The Labute approximate surface area is 185 Å². The van der Waals surface area contributed by atoms with E-state index in [1.807, 2.05) is 55.5 Å². The van der Waals surface area contributed by atoms with Crippen molar-refractivity contribution in [1.29, 1.82) is 0 Å². The molecule has 0 saturated carbocycles. The van der Waals surface area contributed by atoms with Gasteiger partial charge in [0, 0.05) is 0 Å². The first-order valence-electron chi connectivity index (χ1n) is 10.5. The third-order valence-electron chi connectivity index (χ3n) is 5.70. The van der Waals surface area contributed by atoms with Gasteiger partial charge in [0.25, 0.3) is 0 Å². The van der Waals surface area contributed by atoms with Crippen molar-refractivity contribution in [3.8, 4) is 17.2 Å². The Morgan fingerprint density at radius 3 is 2.28 bits per heavy atom. The SMILES string of the molecule is COc1ccc(C(C)CC(Cc2ccc(O)c(-n3nc4ccccc4n3)c2)C(=O)O)cc1. The molecule has 0 amide bonds. The highest BCUT2D eigenvalue weighted by Gasteiger charge is 2.23. The molecule has 0 radical (unpaired) electrons. The molecule has 2 N–H and O–H groups in total. The second-order valence-corrected chi connectivity index (χ2v) is 7.95. The lowest BCUT2D eigenvalue weighted by Gasteiger charge is -2.19. The van der Waals surface area contributed by atoms with Gasteiger partial charge in [-0.1, -0.05) is 37.3 Å². The molecule has 0 fully saturated rings. The van der Waals surface area contributed by atoms with Gasteiger partial charge in [-0.2, -0.15) is 0 Å². The summed E-state index contributed by atoms with van der Waals surface area (Å²) in [5.41, 5.74) is 3.72. The van der Waals surface area contributed by atoms with E-state index in [-0.39, 0.29) is 11.7 Å². The Morgan fingerprint density at radius 1 is 1.03 bits per heavy atom. The van der Waals surface area contributed by atoms with Crippen molar-refractivity contribution in [3.05, 3.63) is 77.9 Å². The lowest BCUT2D eigenvalue weighted by Crippen LogP contribution is -2.19. The van der Waals surface area contributed by atoms with Gasteiger partial charge in [-0.25, -0.2) is 0 Å². The molecule has 3 aromatic carbocycles. The van der Waals surface area contributed by atoms with Crippen molar-refractivity contribution in [2.45, 2.75) is 25.7 Å². The Morgan fingerprint density at radius 2 is 1.69 bits per heavy atom. The van der Waals surface area contributed by atoms with Crippen LogP contribution in [-0.2, 0) is 11.2 Å². The number of rotatable bonds is 8. The molecule has 0 aliphatic carbocycles. The highest BCUT2D eigenvalue weighted by Crippen LogP contribution is 2.29. The zero-order chi connectivity index (χ0) is 22.7. The molecular weight excluding hydrogens is 406 g/mol. The van der Waals surface area contributed by atoms with E-state index in [1.165, 1.54) is 4.80 Å². The van der Waals surface area contributed by atoms with Crippen LogP contribution in [0, 0.1) is 5.92 Å². The number of hydrogen-bond acceptors (Lipinski definition) is 5. The number of carboxylic acids is 1. The van der Waals surface area contributed by atoms with Crippen LogP contribution in [0.1, 0.15) is 30.4 Å². The Kier molecular flexibility index (Phi) is 6.07. The third kappa shape index (κ3) is 4.56. The summed E-state index contributed by atoms with van der Waals surface area (Å²) in [7, 11) is 1.62. The van der Waals surface area contributed by atoms with Crippen LogP contribution in [0.2, 0.25) is 0 Å². The molecule has 0 aliphatic rings. The number of methoxy groups -OCH3 is 1. The molecule has 2 atom stereocenters. The number of carbonyl (C=O) groups is 1. The molecule has 7 nitrogen and oxygen atoms in total. The highest BCUT2D eigenvalue weighted by molar-refractivity contribution is 5.74. The van der Waals surface area contributed by atoms with Gasteiger partial charge in [-0.05, 0) is 66.3 Å². The second kappa shape index (κ2) is 9.09. The maximum atomic E-state index is 12.0. The van der Waals surface area contributed by atoms with Crippen molar-refractivity contribution in [2.75, 3.05) is 7.11 Å². The van der Waals surface area contributed by atoms with E-state index < -0.39 is 11.9 Å². The van der Waals surface area contributed by atoms with Crippen LogP contribution < -0.4 is 4.74 Å². The summed E-state index contributed by atoms with van der Waals surface area (Å²) in [4.78, 5) is 13.4. The molecule has 0 saturated heterocycles. The normalized spacial score (nSPS) is 13.1. The number of aromatic nitrogens is 3. The van der Waals surface area contributed by atoms with E-state index in [0.29, 0.717) is 29.6 Å². The molecule has 0 aliphatic heterocycles. The van der Waals surface area contributed by atoms with Gasteiger partial charge >= 0.3 is 5.97 Å². The summed E-state index contributed by atoms with van der Waals surface area (Å²) in [6.45, 7) is 2.03. The minimum atomic E-state index is -0.845. The zero-order valence-electron chi connectivity index (χ0n) is 18.0. The van der Waals surface area contributed by atoms with E-state index in [4.69, 9.17) is 4.74 Å². The molecule has 0 bridgehead atoms. The van der Waals surface area contributed by atoms with Crippen molar-refractivity contribution in [1.82, 2.24) is 15.0 Å². The number of hydrogen-bond donors (Lipinski definition) is 2. The molecule has 1 heterocycles. The van der Waals surface area contributed by atoms with Gasteiger partial charge < -0.3 is 14.9 Å². The fourth-order valence-corrected chi connectivity index (χ4v) is 3.87. The number of fused-ring (bicyclic) bond motifs is 1. The molecule has 2 unspecified atom stereocenters. The number of benzene rings is 3. The Hall–Kier alpha value is -3.87. The average molecular weight is 431 g/mol. The van der Waals surface area contributed by atoms with Crippen LogP contribution in [-0.4, -0.2) is 38.3 Å². The number of ether oxygens (including phenoxy) is 1. The number of carboxylic acid groups (broad SMARTS) is 1. The summed E-state index contributed by atoms with van der Waals surface area (Å²) in [5.74, 6) is -0.548. The molecule has 32 heavy (non-hydrogen) atoms. The first-order valence-corrected chi connectivity index (χ1v) is 10.5. The van der Waals surface area contributed by atoms with Crippen LogP contribution in [0.15, 0.2) is 66.7 Å². The molecule has 0 spiro atoms. The van der Waals surface area contributed by atoms with E-state index >= 15 is 0 Å². The number of phenolic OH excluding ortho intramolecular Hbond substituents is 1. The highest BCUT2D eigenvalue weighted by atomic mass is 16.5. The van der Waals surface area contributed by atoms with E-state index in [2.05, 4.69) is 10.2 Å². The summed E-state index contributed by atoms with van der Waals surface area (Å²) < 4.78 is 5.20. The van der Waals surface area contributed by atoms with Crippen LogP contribution >= 0.6 is 0 Å². The Balaban J connectivity index is 1.55.